The monoisotopic (exact) mass is 256 g/mol. The fourth-order valence-electron chi connectivity index (χ4n) is 2.06. The largest absolute Gasteiger partial charge is 0.481 e. The third-order valence-corrected chi connectivity index (χ3v) is 4.44. The molecule has 1 fully saturated rings. The molecule has 2 atom stereocenters. The predicted molar refractivity (Wildman–Crippen MR) is 57.6 cm³/mol. The van der Waals surface area contributed by atoms with Gasteiger partial charge >= 0.3 is 5.97 Å². The Hall–Kier alpha value is 0.0800. The van der Waals surface area contributed by atoms with E-state index in [-0.39, 0.29) is 15.4 Å². The predicted octanol–water partition coefficient (Wildman–Crippen LogP) is 3.62. The molecule has 0 amide bonds. The van der Waals surface area contributed by atoms with Crippen LogP contribution in [0.2, 0.25) is 0 Å². The van der Waals surface area contributed by atoms with Crippen LogP contribution in [0.5, 0.6) is 0 Å². The molecule has 0 aromatic heterocycles. The molecule has 0 aliphatic heterocycles. The van der Waals surface area contributed by atoms with E-state index in [0.29, 0.717) is 0 Å². The zero-order chi connectivity index (χ0) is 11.3. The number of halogens is 3. The number of aliphatic carboxylic acids is 1. The fourth-order valence-corrected chi connectivity index (χ4v) is 2.77. The second-order valence-corrected chi connectivity index (χ2v) is 5.63. The van der Waals surface area contributed by atoms with Crippen molar-refractivity contribution in [2.24, 2.45) is 16.7 Å². The topological polar surface area (TPSA) is 37.3 Å². The Balaban J connectivity index is 3.09. The van der Waals surface area contributed by atoms with Crippen LogP contribution in [0, 0.1) is 16.7 Å². The van der Waals surface area contributed by atoms with E-state index in [2.05, 4.69) is 0 Å². The molecule has 0 aromatic carbocycles. The van der Waals surface area contributed by atoms with Crippen LogP contribution in [-0.2, 0) is 4.79 Å². The van der Waals surface area contributed by atoms with Gasteiger partial charge in [-0.05, 0) is 12.3 Å². The molecule has 0 spiro atoms. The van der Waals surface area contributed by atoms with Crippen LogP contribution < -0.4 is 0 Å². The molecule has 5 heteroatoms. The van der Waals surface area contributed by atoms with Gasteiger partial charge in [0.1, 0.15) is 4.49 Å². The van der Waals surface area contributed by atoms with Crippen LogP contribution >= 0.6 is 34.8 Å². The Kier molecular flexibility index (Phi) is 2.86. The van der Waals surface area contributed by atoms with Gasteiger partial charge in [-0.1, -0.05) is 48.7 Å². The summed E-state index contributed by atoms with van der Waals surface area (Å²) in [5.74, 6) is -1.18. The van der Waals surface area contributed by atoms with Gasteiger partial charge in [0.05, 0.1) is 10.4 Å². The van der Waals surface area contributed by atoms with Crippen molar-refractivity contribution in [3.05, 3.63) is 9.52 Å². The fraction of sp³-hybridized carbons (Fsp3) is 0.667. The maximum Gasteiger partial charge on any atom is 0.310 e. The van der Waals surface area contributed by atoms with E-state index < -0.39 is 16.8 Å². The number of rotatable bonds is 2. The molecule has 1 aliphatic carbocycles. The standard InChI is InChI=1S/C9H11Cl3O2/c1-8(2)5(4(10)6(11)12)9(8,3)7(13)14/h5H,1-3H3,(H,13,14). The van der Waals surface area contributed by atoms with Crippen molar-refractivity contribution >= 4 is 40.8 Å². The average molecular weight is 258 g/mol. The minimum atomic E-state index is -0.876. The van der Waals surface area contributed by atoms with E-state index in [1.807, 2.05) is 13.8 Å². The molecule has 14 heavy (non-hydrogen) atoms. The highest BCUT2D eigenvalue weighted by Gasteiger charge is 2.74. The van der Waals surface area contributed by atoms with Crippen molar-refractivity contribution in [1.82, 2.24) is 0 Å². The summed E-state index contributed by atoms with van der Waals surface area (Å²) in [5.41, 5.74) is -1.29. The maximum atomic E-state index is 11.1. The van der Waals surface area contributed by atoms with Gasteiger partial charge in [-0.3, -0.25) is 4.79 Å². The summed E-state index contributed by atoms with van der Waals surface area (Å²) in [6.45, 7) is 5.33. The molecule has 0 saturated heterocycles. The molecule has 1 saturated carbocycles. The molecule has 1 rings (SSSR count). The van der Waals surface area contributed by atoms with Crippen LogP contribution in [0.25, 0.3) is 0 Å². The lowest BCUT2D eigenvalue weighted by molar-refractivity contribution is -0.144. The number of carboxylic acid groups (broad SMARTS) is 1. The number of hydrogen-bond donors (Lipinski definition) is 1. The lowest BCUT2D eigenvalue weighted by atomic mass is 9.99. The highest BCUT2D eigenvalue weighted by molar-refractivity contribution is 6.59. The quantitative estimate of drug-likeness (QED) is 0.820. The third kappa shape index (κ3) is 1.36. The van der Waals surface area contributed by atoms with Crippen LogP contribution in [0.4, 0.5) is 0 Å². The maximum absolute atomic E-state index is 11.1. The summed E-state index contributed by atoms with van der Waals surface area (Å²) < 4.78 is -0.0466. The van der Waals surface area contributed by atoms with Crippen molar-refractivity contribution in [3.63, 3.8) is 0 Å². The van der Waals surface area contributed by atoms with Crippen LogP contribution in [0.1, 0.15) is 20.8 Å². The first kappa shape index (κ1) is 12.2. The molecule has 1 N–H and O–H groups in total. The van der Waals surface area contributed by atoms with E-state index in [4.69, 9.17) is 39.9 Å². The van der Waals surface area contributed by atoms with Gasteiger partial charge in [0, 0.05) is 5.92 Å². The van der Waals surface area contributed by atoms with Crippen molar-refractivity contribution in [2.75, 3.05) is 0 Å². The van der Waals surface area contributed by atoms with E-state index in [1.165, 1.54) is 0 Å². The Morgan fingerprint density at radius 2 is 1.64 bits per heavy atom. The summed E-state index contributed by atoms with van der Waals surface area (Å²) in [6, 6.07) is 0. The minimum absolute atomic E-state index is 0.0466. The number of carbonyl (C=O) groups is 1. The highest BCUT2D eigenvalue weighted by Crippen LogP contribution is 2.72. The molecular formula is C9H11Cl3O2. The van der Waals surface area contributed by atoms with Crippen LogP contribution in [0.15, 0.2) is 9.52 Å². The molecule has 2 unspecified atom stereocenters. The van der Waals surface area contributed by atoms with Crippen LogP contribution in [-0.4, -0.2) is 11.1 Å². The zero-order valence-electron chi connectivity index (χ0n) is 8.07. The van der Waals surface area contributed by atoms with Crippen molar-refractivity contribution in [1.29, 1.82) is 0 Å². The van der Waals surface area contributed by atoms with Gasteiger partial charge in [-0.15, -0.1) is 0 Å². The Bertz CT molecular complexity index is 318. The Morgan fingerprint density at radius 3 is 1.86 bits per heavy atom. The number of allylic oxidation sites excluding steroid dienone is 1. The smallest absolute Gasteiger partial charge is 0.310 e. The summed E-state index contributed by atoms with van der Waals surface area (Å²) in [6.07, 6.45) is 0. The zero-order valence-corrected chi connectivity index (χ0v) is 10.3. The van der Waals surface area contributed by atoms with Gasteiger partial charge in [-0.25, -0.2) is 0 Å². The first-order valence-corrected chi connectivity index (χ1v) is 5.24. The normalized spacial score (nSPS) is 33.7. The van der Waals surface area contributed by atoms with Gasteiger partial charge in [0.25, 0.3) is 0 Å². The Morgan fingerprint density at radius 1 is 1.21 bits per heavy atom. The molecule has 0 bridgehead atoms. The number of hydrogen-bond acceptors (Lipinski definition) is 1. The van der Waals surface area contributed by atoms with Crippen molar-refractivity contribution in [2.45, 2.75) is 20.8 Å². The van der Waals surface area contributed by atoms with E-state index in [9.17, 15) is 4.79 Å². The highest BCUT2D eigenvalue weighted by atomic mass is 35.5. The first-order chi connectivity index (χ1) is 6.17. The summed E-state index contributed by atoms with van der Waals surface area (Å²) >= 11 is 17.0. The van der Waals surface area contributed by atoms with Gasteiger partial charge in [0.15, 0.2) is 0 Å². The summed E-state index contributed by atoms with van der Waals surface area (Å²) in [5, 5.41) is 9.32. The molecule has 80 valence electrons. The van der Waals surface area contributed by atoms with Gasteiger partial charge < -0.3 is 5.11 Å². The van der Waals surface area contributed by atoms with Crippen molar-refractivity contribution in [3.8, 4) is 0 Å². The molecule has 0 radical (unpaired) electrons. The molecule has 0 heterocycles. The summed E-state index contributed by atoms with van der Waals surface area (Å²) in [4.78, 5) is 11.1. The lowest BCUT2D eigenvalue weighted by Gasteiger charge is -2.06. The molecule has 0 aromatic rings. The van der Waals surface area contributed by atoms with Crippen molar-refractivity contribution < 1.29 is 9.90 Å². The Labute approximate surface area is 97.8 Å². The van der Waals surface area contributed by atoms with Crippen LogP contribution in [0.3, 0.4) is 0 Å². The first-order valence-electron chi connectivity index (χ1n) is 4.11. The average Bonchev–Trinajstić information content (AvgIpc) is 2.46. The molecule has 2 nitrogen and oxygen atoms in total. The second kappa shape index (κ2) is 3.29. The summed E-state index contributed by atoms with van der Waals surface area (Å²) in [7, 11) is 0. The van der Waals surface area contributed by atoms with E-state index in [0.717, 1.165) is 0 Å². The SMILES string of the molecule is CC1(C)C(C(Cl)=C(Cl)Cl)C1(C)C(=O)O. The molecule has 1 aliphatic rings. The lowest BCUT2D eigenvalue weighted by Crippen LogP contribution is -2.17. The molecular weight excluding hydrogens is 246 g/mol. The second-order valence-electron chi connectivity index (χ2n) is 4.27. The van der Waals surface area contributed by atoms with E-state index in [1.54, 1.807) is 6.92 Å². The van der Waals surface area contributed by atoms with Gasteiger partial charge in [0.2, 0.25) is 0 Å². The van der Waals surface area contributed by atoms with Gasteiger partial charge in [-0.2, -0.15) is 0 Å². The number of carboxylic acids is 1. The van der Waals surface area contributed by atoms with E-state index >= 15 is 0 Å². The minimum Gasteiger partial charge on any atom is -0.481 e. The third-order valence-electron chi connectivity index (χ3n) is 3.43.